The van der Waals surface area contributed by atoms with Gasteiger partial charge in [0.1, 0.15) is 0 Å². The summed E-state index contributed by atoms with van der Waals surface area (Å²) in [5.74, 6) is 0.0415. The van der Waals surface area contributed by atoms with E-state index in [0.29, 0.717) is 0 Å². The first-order chi connectivity index (χ1) is 7.16. The van der Waals surface area contributed by atoms with E-state index < -0.39 is 13.7 Å². The van der Waals surface area contributed by atoms with Gasteiger partial charge in [-0.1, -0.05) is 13.8 Å². The zero-order valence-electron chi connectivity index (χ0n) is 11.1. The molecule has 5 heteroatoms. The van der Waals surface area contributed by atoms with Gasteiger partial charge >= 0.3 is 7.60 Å². The van der Waals surface area contributed by atoms with Crippen LogP contribution in [-0.4, -0.2) is 29.6 Å². The minimum atomic E-state index is -3.19. The lowest BCUT2D eigenvalue weighted by Gasteiger charge is -2.25. The van der Waals surface area contributed by atoms with Crippen molar-refractivity contribution in [3.63, 3.8) is 0 Å². The molecule has 98 valence electrons. The lowest BCUT2D eigenvalue weighted by Crippen LogP contribution is -2.23. The molecule has 0 saturated carbocycles. The highest BCUT2D eigenvalue weighted by molar-refractivity contribution is 7.53. The van der Waals surface area contributed by atoms with Gasteiger partial charge < -0.3 is 14.2 Å². The predicted molar refractivity (Wildman–Crippen MR) is 65.8 cm³/mol. The van der Waals surface area contributed by atoms with E-state index in [1.807, 2.05) is 13.8 Å². The monoisotopic (exact) mass is 252 g/mol. The number of hydrogen-bond donors (Lipinski definition) is 1. The Morgan fingerprint density at radius 3 is 1.62 bits per heavy atom. The molecule has 0 bridgehead atoms. The van der Waals surface area contributed by atoms with Crippen LogP contribution in [0.25, 0.3) is 0 Å². The van der Waals surface area contributed by atoms with E-state index in [4.69, 9.17) is 9.05 Å². The van der Waals surface area contributed by atoms with Crippen molar-refractivity contribution in [3.8, 4) is 0 Å². The number of hydrogen-bond acceptors (Lipinski definition) is 4. The molecule has 0 saturated heterocycles. The van der Waals surface area contributed by atoms with Crippen LogP contribution in [0.4, 0.5) is 0 Å². The van der Waals surface area contributed by atoms with Crippen LogP contribution in [0.5, 0.6) is 0 Å². The van der Waals surface area contributed by atoms with Gasteiger partial charge in [-0.25, -0.2) is 0 Å². The Hall–Kier alpha value is 0.110. The molecule has 0 aliphatic rings. The van der Waals surface area contributed by atoms with Gasteiger partial charge in [0.15, 0.2) is 0 Å². The molecule has 0 aliphatic carbocycles. The van der Waals surface area contributed by atoms with Crippen molar-refractivity contribution in [3.05, 3.63) is 0 Å². The van der Waals surface area contributed by atoms with Crippen LogP contribution >= 0.6 is 7.60 Å². The predicted octanol–water partition coefficient (Wildman–Crippen LogP) is 3.05. The first-order valence-electron chi connectivity index (χ1n) is 5.80. The van der Waals surface area contributed by atoms with Gasteiger partial charge in [0.2, 0.25) is 0 Å². The Bertz CT molecular complexity index is 224. The minimum absolute atomic E-state index is 0.0415. The first kappa shape index (κ1) is 16.1. The van der Waals surface area contributed by atoms with E-state index in [1.165, 1.54) is 0 Å². The summed E-state index contributed by atoms with van der Waals surface area (Å²) in [6.07, 6.45) is -0.961. The fourth-order valence-corrected chi connectivity index (χ4v) is 3.58. The average molecular weight is 252 g/mol. The molecule has 1 atom stereocenters. The molecular formula is C11H25O4P. The molecule has 0 aromatic rings. The molecule has 0 aromatic carbocycles. The third kappa shape index (κ3) is 6.64. The van der Waals surface area contributed by atoms with Gasteiger partial charge in [-0.15, -0.1) is 0 Å². The van der Waals surface area contributed by atoms with E-state index in [9.17, 15) is 9.67 Å². The van der Waals surface area contributed by atoms with Crippen LogP contribution in [0, 0.1) is 5.92 Å². The Kier molecular flexibility index (Phi) is 6.80. The van der Waals surface area contributed by atoms with E-state index in [1.54, 1.807) is 27.7 Å². The Labute approximate surface area is 98.9 Å². The molecule has 0 aliphatic heterocycles. The zero-order chi connectivity index (χ0) is 12.9. The molecule has 0 heterocycles. The van der Waals surface area contributed by atoms with Crippen LogP contribution < -0.4 is 0 Å². The van der Waals surface area contributed by atoms with Gasteiger partial charge in [0, 0.05) is 0 Å². The molecule has 0 spiro atoms. The average Bonchev–Trinajstić information content (AvgIpc) is 1.98. The molecule has 0 rings (SSSR count). The summed E-state index contributed by atoms with van der Waals surface area (Å²) >= 11 is 0. The van der Waals surface area contributed by atoms with Gasteiger partial charge in [-0.05, 0) is 33.6 Å². The van der Waals surface area contributed by atoms with Crippen LogP contribution in [0.15, 0.2) is 0 Å². The highest BCUT2D eigenvalue weighted by atomic mass is 31.2. The second-order valence-corrected chi connectivity index (χ2v) is 6.92. The maximum absolute atomic E-state index is 12.3. The van der Waals surface area contributed by atoms with Crippen molar-refractivity contribution < 1.29 is 18.7 Å². The molecule has 0 unspecified atom stereocenters. The van der Waals surface area contributed by atoms with E-state index in [-0.39, 0.29) is 24.3 Å². The fraction of sp³-hybridized carbons (Fsp3) is 1.00. The maximum Gasteiger partial charge on any atom is 0.333 e. The van der Waals surface area contributed by atoms with E-state index >= 15 is 0 Å². The number of rotatable bonds is 7. The Morgan fingerprint density at radius 1 is 1.00 bits per heavy atom. The van der Waals surface area contributed by atoms with E-state index in [0.717, 1.165) is 0 Å². The SMILES string of the molecule is CC(C)OP(=O)(C[C@H](O)C(C)C)OC(C)C. The van der Waals surface area contributed by atoms with Gasteiger partial charge in [-0.2, -0.15) is 0 Å². The highest BCUT2D eigenvalue weighted by Crippen LogP contribution is 2.51. The van der Waals surface area contributed by atoms with Crippen molar-refractivity contribution in [1.29, 1.82) is 0 Å². The standard InChI is InChI=1S/C11H25O4P/c1-8(2)11(12)7-16(13,14-9(3)4)15-10(5)6/h8-12H,7H2,1-6H3/t11-/m0/s1. The molecular weight excluding hydrogens is 227 g/mol. The third-order valence-electron chi connectivity index (χ3n) is 1.92. The van der Waals surface area contributed by atoms with Crippen LogP contribution in [0.1, 0.15) is 41.5 Å². The maximum atomic E-state index is 12.3. The molecule has 0 amide bonds. The summed E-state index contributed by atoms with van der Waals surface area (Å²) in [6.45, 7) is 11.0. The third-order valence-corrected chi connectivity index (χ3v) is 4.23. The fourth-order valence-electron chi connectivity index (χ4n) is 1.19. The second-order valence-electron chi connectivity index (χ2n) is 4.91. The highest BCUT2D eigenvalue weighted by Gasteiger charge is 2.31. The molecule has 0 radical (unpaired) electrons. The normalized spacial score (nSPS) is 15.1. The summed E-state index contributed by atoms with van der Waals surface area (Å²) in [7, 11) is -3.19. The quantitative estimate of drug-likeness (QED) is 0.707. The smallest absolute Gasteiger partial charge is 0.333 e. The zero-order valence-corrected chi connectivity index (χ0v) is 12.0. The summed E-state index contributed by atoms with van der Waals surface area (Å²) in [5, 5.41) is 9.76. The Morgan fingerprint density at radius 2 is 1.38 bits per heavy atom. The van der Waals surface area contributed by atoms with Crippen molar-refractivity contribution in [1.82, 2.24) is 0 Å². The van der Waals surface area contributed by atoms with E-state index in [2.05, 4.69) is 0 Å². The first-order valence-corrected chi connectivity index (χ1v) is 7.53. The van der Waals surface area contributed by atoms with Crippen molar-refractivity contribution in [2.24, 2.45) is 5.92 Å². The molecule has 1 N–H and O–H groups in total. The summed E-state index contributed by atoms with van der Waals surface area (Å²) in [4.78, 5) is 0. The van der Waals surface area contributed by atoms with Gasteiger partial charge in [0.05, 0.1) is 24.5 Å². The molecule has 16 heavy (non-hydrogen) atoms. The number of aliphatic hydroxyl groups excluding tert-OH is 1. The van der Waals surface area contributed by atoms with Crippen molar-refractivity contribution >= 4 is 7.60 Å². The molecule has 4 nitrogen and oxygen atoms in total. The lowest BCUT2D eigenvalue weighted by atomic mass is 10.1. The van der Waals surface area contributed by atoms with Crippen LogP contribution in [-0.2, 0) is 13.6 Å². The van der Waals surface area contributed by atoms with Gasteiger partial charge in [-0.3, -0.25) is 4.57 Å². The van der Waals surface area contributed by atoms with Crippen molar-refractivity contribution in [2.45, 2.75) is 59.9 Å². The molecule has 0 fully saturated rings. The lowest BCUT2D eigenvalue weighted by molar-refractivity contribution is 0.109. The van der Waals surface area contributed by atoms with Gasteiger partial charge in [0.25, 0.3) is 0 Å². The summed E-state index contributed by atoms with van der Waals surface area (Å²) in [5.41, 5.74) is 0. The van der Waals surface area contributed by atoms with Crippen LogP contribution in [0.3, 0.4) is 0 Å². The summed E-state index contributed by atoms with van der Waals surface area (Å²) in [6, 6.07) is 0. The second kappa shape index (κ2) is 6.75. The number of aliphatic hydroxyl groups is 1. The Balaban J connectivity index is 4.59. The minimum Gasteiger partial charge on any atom is -0.392 e. The molecule has 0 aromatic heterocycles. The largest absolute Gasteiger partial charge is 0.392 e. The summed E-state index contributed by atoms with van der Waals surface area (Å²) < 4.78 is 23.0. The topological polar surface area (TPSA) is 55.8 Å². The van der Waals surface area contributed by atoms with Crippen molar-refractivity contribution in [2.75, 3.05) is 6.16 Å². The van der Waals surface area contributed by atoms with Crippen LogP contribution in [0.2, 0.25) is 0 Å².